The van der Waals surface area contributed by atoms with Crippen molar-refractivity contribution >= 4 is 23.2 Å². The molecular weight excluding hydrogens is 329 g/mol. The monoisotopic (exact) mass is 355 g/mol. The van der Waals surface area contributed by atoms with Crippen LogP contribution < -0.4 is 5.73 Å². The van der Waals surface area contributed by atoms with Crippen molar-refractivity contribution in [1.29, 1.82) is 0 Å². The van der Waals surface area contributed by atoms with Crippen molar-refractivity contribution in [2.75, 3.05) is 6.61 Å². The maximum atomic E-state index is 6.60. The predicted octanol–water partition coefficient (Wildman–Crippen LogP) is 5.48. The lowest BCUT2D eigenvalue weighted by Crippen LogP contribution is -2.50. The molecule has 23 heavy (non-hydrogen) atoms. The molecule has 128 valence electrons. The predicted molar refractivity (Wildman–Crippen MR) is 97.4 cm³/mol. The highest BCUT2D eigenvalue weighted by molar-refractivity contribution is 6.42. The van der Waals surface area contributed by atoms with Crippen LogP contribution in [0.5, 0.6) is 0 Å². The van der Waals surface area contributed by atoms with Gasteiger partial charge in [-0.05, 0) is 56.2 Å². The van der Waals surface area contributed by atoms with Gasteiger partial charge < -0.3 is 10.5 Å². The molecule has 0 radical (unpaired) electrons. The molecule has 0 heterocycles. The Hall–Kier alpha value is -0.280. The first-order valence-corrected chi connectivity index (χ1v) is 9.70. The van der Waals surface area contributed by atoms with Crippen molar-refractivity contribution in [3.05, 3.63) is 33.8 Å². The highest BCUT2D eigenvalue weighted by atomic mass is 35.5. The Balaban J connectivity index is 1.55. The molecule has 0 aliphatic heterocycles. The molecule has 2 aliphatic rings. The molecule has 2 fully saturated rings. The van der Waals surface area contributed by atoms with Crippen LogP contribution in [-0.2, 0) is 10.2 Å². The summed E-state index contributed by atoms with van der Waals surface area (Å²) in [5.41, 5.74) is 7.93. The van der Waals surface area contributed by atoms with Gasteiger partial charge in [-0.3, -0.25) is 0 Å². The number of hydrogen-bond donors (Lipinski definition) is 1. The summed E-state index contributed by atoms with van der Waals surface area (Å²) in [6.07, 6.45) is 11.2. The van der Waals surface area contributed by atoms with Crippen LogP contribution >= 0.6 is 23.2 Å². The summed E-state index contributed by atoms with van der Waals surface area (Å²) >= 11 is 12.3. The van der Waals surface area contributed by atoms with Crippen LogP contribution in [0, 0.1) is 0 Å². The van der Waals surface area contributed by atoms with E-state index in [1.54, 1.807) is 0 Å². The summed E-state index contributed by atoms with van der Waals surface area (Å²) in [7, 11) is 0. The van der Waals surface area contributed by atoms with E-state index in [-0.39, 0.29) is 11.5 Å². The summed E-state index contributed by atoms with van der Waals surface area (Å²) in [6, 6.07) is 6.18. The summed E-state index contributed by atoms with van der Waals surface area (Å²) in [5.74, 6) is 0. The van der Waals surface area contributed by atoms with Gasteiger partial charge in [0.1, 0.15) is 0 Å². The smallest absolute Gasteiger partial charge is 0.0595 e. The highest BCUT2D eigenvalue weighted by Crippen LogP contribution is 2.48. The molecule has 0 aromatic heterocycles. The van der Waals surface area contributed by atoms with Gasteiger partial charge in [-0.2, -0.15) is 0 Å². The molecule has 2 saturated carbocycles. The first-order valence-electron chi connectivity index (χ1n) is 8.94. The number of rotatable bonds is 7. The summed E-state index contributed by atoms with van der Waals surface area (Å²) in [4.78, 5) is 0. The molecule has 2 aliphatic carbocycles. The largest absolute Gasteiger partial charge is 0.378 e. The second-order valence-electron chi connectivity index (χ2n) is 7.16. The van der Waals surface area contributed by atoms with E-state index < -0.39 is 0 Å². The molecule has 0 amide bonds. The highest BCUT2D eigenvalue weighted by Gasteiger charge is 2.43. The van der Waals surface area contributed by atoms with E-state index in [1.807, 2.05) is 12.1 Å². The van der Waals surface area contributed by atoms with Crippen molar-refractivity contribution in [2.45, 2.75) is 75.3 Å². The summed E-state index contributed by atoms with van der Waals surface area (Å²) in [5, 5.41) is 1.25. The van der Waals surface area contributed by atoms with Crippen LogP contribution in [0.4, 0.5) is 0 Å². The lowest BCUT2D eigenvalue weighted by Gasteiger charge is -2.47. The molecule has 0 bridgehead atoms. The number of ether oxygens (including phenoxy) is 1. The van der Waals surface area contributed by atoms with Crippen LogP contribution in [0.3, 0.4) is 0 Å². The van der Waals surface area contributed by atoms with E-state index in [1.165, 1.54) is 37.7 Å². The topological polar surface area (TPSA) is 35.2 Å². The minimum absolute atomic E-state index is 0.0849. The second-order valence-corrected chi connectivity index (χ2v) is 7.98. The maximum Gasteiger partial charge on any atom is 0.0595 e. The third-order valence-electron chi connectivity index (χ3n) is 5.77. The fourth-order valence-corrected chi connectivity index (χ4v) is 4.42. The Kier molecular flexibility index (Phi) is 5.90. The number of benzene rings is 1. The zero-order valence-corrected chi connectivity index (χ0v) is 15.2. The summed E-state index contributed by atoms with van der Waals surface area (Å²) in [6.45, 7) is 0.843. The van der Waals surface area contributed by atoms with Crippen LogP contribution in [0.1, 0.15) is 63.4 Å². The van der Waals surface area contributed by atoms with Gasteiger partial charge in [-0.25, -0.2) is 0 Å². The quantitative estimate of drug-likeness (QED) is 0.657. The molecule has 3 rings (SSSR count). The summed E-state index contributed by atoms with van der Waals surface area (Å²) < 4.78 is 5.96. The number of hydrogen-bond acceptors (Lipinski definition) is 2. The fourth-order valence-electron chi connectivity index (χ4n) is 4.12. The van der Waals surface area contributed by atoms with Gasteiger partial charge in [0.15, 0.2) is 0 Å². The molecule has 1 atom stereocenters. The molecule has 1 aromatic carbocycles. The molecule has 2 N–H and O–H groups in total. The van der Waals surface area contributed by atoms with Gasteiger partial charge in [0.25, 0.3) is 0 Å². The zero-order chi connectivity index (χ0) is 16.3. The first kappa shape index (κ1) is 17.5. The van der Waals surface area contributed by atoms with Crippen molar-refractivity contribution in [2.24, 2.45) is 5.73 Å². The van der Waals surface area contributed by atoms with E-state index in [9.17, 15) is 0 Å². The van der Waals surface area contributed by atoms with Gasteiger partial charge in [0.05, 0.1) is 16.1 Å². The molecular formula is C19H27Cl2NO. The van der Waals surface area contributed by atoms with Gasteiger partial charge in [0, 0.05) is 18.1 Å². The van der Waals surface area contributed by atoms with Crippen LogP contribution in [0.25, 0.3) is 0 Å². The Morgan fingerprint density at radius 3 is 2.48 bits per heavy atom. The standard InChI is InChI=1S/C19H27Cl2NO/c20-16-9-8-14(13-17(16)21)19(10-4-11-19)18(22)7-3-12-23-15-5-1-2-6-15/h8-9,13,15,18H,1-7,10-12,22H2. The van der Waals surface area contributed by atoms with E-state index in [2.05, 4.69) is 6.07 Å². The fraction of sp³-hybridized carbons (Fsp3) is 0.684. The van der Waals surface area contributed by atoms with Crippen LogP contribution in [0.2, 0.25) is 10.0 Å². The normalized spacial score (nSPS) is 22.0. The average Bonchev–Trinajstić information content (AvgIpc) is 2.99. The minimum atomic E-state index is 0.0849. The Bertz CT molecular complexity index is 524. The van der Waals surface area contributed by atoms with Gasteiger partial charge in [0.2, 0.25) is 0 Å². The third-order valence-corrected chi connectivity index (χ3v) is 6.50. The first-order chi connectivity index (χ1) is 11.1. The lowest BCUT2D eigenvalue weighted by molar-refractivity contribution is 0.0522. The van der Waals surface area contributed by atoms with Crippen molar-refractivity contribution in [3.8, 4) is 0 Å². The minimum Gasteiger partial charge on any atom is -0.378 e. The molecule has 2 nitrogen and oxygen atoms in total. The molecule has 4 heteroatoms. The van der Waals surface area contributed by atoms with Crippen molar-refractivity contribution in [3.63, 3.8) is 0 Å². The average molecular weight is 356 g/mol. The van der Waals surface area contributed by atoms with Crippen LogP contribution in [-0.4, -0.2) is 18.8 Å². The second kappa shape index (κ2) is 7.74. The van der Waals surface area contributed by atoms with Gasteiger partial charge in [-0.1, -0.05) is 48.5 Å². The Labute approximate surface area is 149 Å². The number of nitrogens with two attached hydrogens (primary N) is 1. The van der Waals surface area contributed by atoms with Gasteiger partial charge in [-0.15, -0.1) is 0 Å². The van der Waals surface area contributed by atoms with Crippen molar-refractivity contribution < 1.29 is 4.74 Å². The SMILES string of the molecule is NC(CCCOC1CCCC1)C1(c2ccc(Cl)c(Cl)c2)CCC1. The molecule has 0 saturated heterocycles. The van der Waals surface area contributed by atoms with E-state index in [0.29, 0.717) is 16.1 Å². The van der Waals surface area contributed by atoms with E-state index in [4.69, 9.17) is 33.7 Å². The van der Waals surface area contributed by atoms with Crippen molar-refractivity contribution in [1.82, 2.24) is 0 Å². The Morgan fingerprint density at radius 2 is 1.87 bits per heavy atom. The Morgan fingerprint density at radius 1 is 1.13 bits per heavy atom. The van der Waals surface area contributed by atoms with E-state index in [0.717, 1.165) is 32.3 Å². The lowest BCUT2D eigenvalue weighted by atomic mass is 9.59. The van der Waals surface area contributed by atoms with Crippen LogP contribution in [0.15, 0.2) is 18.2 Å². The molecule has 1 unspecified atom stereocenters. The zero-order valence-electron chi connectivity index (χ0n) is 13.7. The number of halogens is 2. The maximum absolute atomic E-state index is 6.60. The van der Waals surface area contributed by atoms with E-state index >= 15 is 0 Å². The molecule has 1 aromatic rings. The third kappa shape index (κ3) is 3.87. The van der Waals surface area contributed by atoms with Gasteiger partial charge >= 0.3 is 0 Å². The molecule has 0 spiro atoms.